The molecule has 0 atom stereocenters. The highest BCUT2D eigenvalue weighted by Crippen LogP contribution is 2.15. The SMILES string of the molecule is CN(Cc1cccs1)C(=O)c1ccc2ccccc2n1. The van der Waals surface area contributed by atoms with Crippen molar-refractivity contribution in [2.45, 2.75) is 6.54 Å². The molecule has 100 valence electrons. The Kier molecular flexibility index (Phi) is 3.48. The Hall–Kier alpha value is -2.20. The van der Waals surface area contributed by atoms with E-state index in [-0.39, 0.29) is 5.91 Å². The van der Waals surface area contributed by atoms with Gasteiger partial charge in [-0.2, -0.15) is 0 Å². The predicted molar refractivity (Wildman–Crippen MR) is 81.9 cm³/mol. The number of hydrogen-bond donors (Lipinski definition) is 0. The van der Waals surface area contributed by atoms with Crippen LogP contribution in [0.25, 0.3) is 10.9 Å². The maximum Gasteiger partial charge on any atom is 0.272 e. The third-order valence-corrected chi connectivity index (χ3v) is 4.00. The molecule has 1 amide bonds. The van der Waals surface area contributed by atoms with Gasteiger partial charge in [0.15, 0.2) is 0 Å². The topological polar surface area (TPSA) is 33.2 Å². The minimum Gasteiger partial charge on any atom is -0.335 e. The van der Waals surface area contributed by atoms with Gasteiger partial charge in [0.2, 0.25) is 0 Å². The molecule has 0 aliphatic heterocycles. The van der Waals surface area contributed by atoms with E-state index in [1.807, 2.05) is 47.8 Å². The molecular formula is C16H14N2OS. The molecule has 0 aliphatic rings. The summed E-state index contributed by atoms with van der Waals surface area (Å²) >= 11 is 1.65. The minimum atomic E-state index is -0.0517. The molecule has 3 aromatic rings. The largest absolute Gasteiger partial charge is 0.335 e. The molecule has 0 aliphatic carbocycles. The van der Waals surface area contributed by atoms with Crippen LogP contribution in [0.15, 0.2) is 53.9 Å². The monoisotopic (exact) mass is 282 g/mol. The fourth-order valence-corrected chi connectivity index (χ4v) is 2.85. The first kappa shape index (κ1) is 12.8. The van der Waals surface area contributed by atoms with Crippen LogP contribution in [0.4, 0.5) is 0 Å². The molecule has 3 nitrogen and oxygen atoms in total. The summed E-state index contributed by atoms with van der Waals surface area (Å²) in [7, 11) is 1.80. The summed E-state index contributed by atoms with van der Waals surface area (Å²) < 4.78 is 0. The summed E-state index contributed by atoms with van der Waals surface area (Å²) in [5.74, 6) is -0.0517. The number of para-hydroxylation sites is 1. The lowest BCUT2D eigenvalue weighted by Crippen LogP contribution is -2.26. The number of hydrogen-bond acceptors (Lipinski definition) is 3. The number of benzene rings is 1. The van der Waals surface area contributed by atoms with Crippen LogP contribution in [0.3, 0.4) is 0 Å². The Bertz CT molecular complexity index is 737. The van der Waals surface area contributed by atoms with Crippen molar-refractivity contribution >= 4 is 28.1 Å². The van der Waals surface area contributed by atoms with E-state index in [9.17, 15) is 4.79 Å². The maximum absolute atomic E-state index is 12.4. The lowest BCUT2D eigenvalue weighted by molar-refractivity contribution is 0.0781. The van der Waals surface area contributed by atoms with E-state index in [0.717, 1.165) is 10.9 Å². The van der Waals surface area contributed by atoms with Gasteiger partial charge in [-0.15, -0.1) is 11.3 Å². The van der Waals surface area contributed by atoms with Gasteiger partial charge in [-0.3, -0.25) is 4.79 Å². The van der Waals surface area contributed by atoms with E-state index in [2.05, 4.69) is 4.98 Å². The van der Waals surface area contributed by atoms with Crippen molar-refractivity contribution in [1.29, 1.82) is 0 Å². The summed E-state index contributed by atoms with van der Waals surface area (Å²) in [4.78, 5) is 19.7. The highest BCUT2D eigenvalue weighted by Gasteiger charge is 2.14. The lowest BCUT2D eigenvalue weighted by atomic mass is 10.2. The summed E-state index contributed by atoms with van der Waals surface area (Å²) in [6.07, 6.45) is 0. The molecule has 2 heterocycles. The Morgan fingerprint density at radius 2 is 2.00 bits per heavy atom. The molecule has 3 rings (SSSR count). The average Bonchev–Trinajstić information content (AvgIpc) is 2.99. The maximum atomic E-state index is 12.4. The number of nitrogens with zero attached hydrogens (tertiary/aromatic N) is 2. The van der Waals surface area contributed by atoms with Crippen LogP contribution in [0.2, 0.25) is 0 Å². The highest BCUT2D eigenvalue weighted by molar-refractivity contribution is 7.09. The molecule has 1 aromatic carbocycles. The van der Waals surface area contributed by atoms with Gasteiger partial charge in [-0.05, 0) is 23.6 Å². The number of amides is 1. The summed E-state index contributed by atoms with van der Waals surface area (Å²) in [5.41, 5.74) is 1.34. The zero-order valence-electron chi connectivity index (χ0n) is 11.1. The van der Waals surface area contributed by atoms with Gasteiger partial charge >= 0.3 is 0 Å². The summed E-state index contributed by atoms with van der Waals surface area (Å²) in [5, 5.41) is 3.06. The molecule has 0 N–H and O–H groups in total. The summed E-state index contributed by atoms with van der Waals surface area (Å²) in [6.45, 7) is 0.616. The third kappa shape index (κ3) is 2.56. The first-order valence-electron chi connectivity index (χ1n) is 6.38. The normalized spacial score (nSPS) is 10.7. The van der Waals surface area contributed by atoms with Crippen LogP contribution in [-0.4, -0.2) is 22.8 Å². The van der Waals surface area contributed by atoms with E-state index in [4.69, 9.17) is 0 Å². The van der Waals surface area contributed by atoms with Crippen molar-refractivity contribution in [2.75, 3.05) is 7.05 Å². The Morgan fingerprint density at radius 1 is 1.15 bits per heavy atom. The highest BCUT2D eigenvalue weighted by atomic mass is 32.1. The molecule has 2 aromatic heterocycles. The number of rotatable bonds is 3. The molecular weight excluding hydrogens is 268 g/mol. The lowest BCUT2D eigenvalue weighted by Gasteiger charge is -2.15. The average molecular weight is 282 g/mol. The van der Waals surface area contributed by atoms with Crippen LogP contribution in [0.1, 0.15) is 15.4 Å². The van der Waals surface area contributed by atoms with Crippen molar-refractivity contribution in [2.24, 2.45) is 0 Å². The number of carbonyl (C=O) groups is 1. The van der Waals surface area contributed by atoms with Gasteiger partial charge in [-0.25, -0.2) is 4.98 Å². The van der Waals surface area contributed by atoms with Crippen molar-refractivity contribution in [1.82, 2.24) is 9.88 Å². The standard InChI is InChI=1S/C16H14N2OS/c1-18(11-13-6-4-10-20-13)16(19)15-9-8-12-5-2-3-7-14(12)17-15/h2-10H,11H2,1H3. The number of pyridine rings is 1. The van der Waals surface area contributed by atoms with Gasteiger partial charge in [-0.1, -0.05) is 30.3 Å². The predicted octanol–water partition coefficient (Wildman–Crippen LogP) is 3.57. The summed E-state index contributed by atoms with van der Waals surface area (Å²) in [6, 6.07) is 15.6. The van der Waals surface area contributed by atoms with Crippen LogP contribution < -0.4 is 0 Å². The molecule has 0 saturated heterocycles. The molecule has 0 fully saturated rings. The van der Waals surface area contributed by atoms with E-state index in [1.54, 1.807) is 29.4 Å². The first-order chi connectivity index (χ1) is 9.74. The van der Waals surface area contributed by atoms with Crippen molar-refractivity contribution in [3.05, 3.63) is 64.5 Å². The fourth-order valence-electron chi connectivity index (χ4n) is 2.09. The molecule has 0 spiro atoms. The van der Waals surface area contributed by atoms with Gasteiger partial charge in [0.05, 0.1) is 12.1 Å². The Balaban J connectivity index is 1.84. The van der Waals surface area contributed by atoms with Crippen LogP contribution in [0.5, 0.6) is 0 Å². The van der Waals surface area contributed by atoms with E-state index in [0.29, 0.717) is 12.2 Å². The van der Waals surface area contributed by atoms with Gasteiger partial charge in [0, 0.05) is 17.3 Å². The Labute approximate surface area is 121 Å². The molecule has 20 heavy (non-hydrogen) atoms. The fraction of sp³-hybridized carbons (Fsp3) is 0.125. The van der Waals surface area contributed by atoms with E-state index >= 15 is 0 Å². The molecule has 0 unspecified atom stereocenters. The van der Waals surface area contributed by atoms with Crippen molar-refractivity contribution in [3.8, 4) is 0 Å². The van der Waals surface area contributed by atoms with E-state index in [1.165, 1.54) is 4.88 Å². The second-order valence-corrected chi connectivity index (χ2v) is 5.66. The molecule has 4 heteroatoms. The van der Waals surface area contributed by atoms with Crippen LogP contribution >= 0.6 is 11.3 Å². The number of carbonyl (C=O) groups excluding carboxylic acids is 1. The number of thiophene rings is 1. The second kappa shape index (κ2) is 5.43. The first-order valence-corrected chi connectivity index (χ1v) is 7.25. The number of aromatic nitrogens is 1. The van der Waals surface area contributed by atoms with Crippen molar-refractivity contribution < 1.29 is 4.79 Å². The smallest absolute Gasteiger partial charge is 0.272 e. The minimum absolute atomic E-state index is 0.0517. The zero-order chi connectivity index (χ0) is 13.9. The quantitative estimate of drug-likeness (QED) is 0.736. The second-order valence-electron chi connectivity index (χ2n) is 4.63. The van der Waals surface area contributed by atoms with E-state index < -0.39 is 0 Å². The van der Waals surface area contributed by atoms with Crippen LogP contribution in [0, 0.1) is 0 Å². The third-order valence-electron chi connectivity index (χ3n) is 3.14. The molecule has 0 saturated carbocycles. The van der Waals surface area contributed by atoms with Crippen LogP contribution in [-0.2, 0) is 6.54 Å². The molecule has 0 bridgehead atoms. The molecule has 0 radical (unpaired) electrons. The Morgan fingerprint density at radius 3 is 2.80 bits per heavy atom. The zero-order valence-corrected chi connectivity index (χ0v) is 11.9. The van der Waals surface area contributed by atoms with Crippen molar-refractivity contribution in [3.63, 3.8) is 0 Å². The number of fused-ring (bicyclic) bond motifs is 1. The van der Waals surface area contributed by atoms with Gasteiger partial charge in [0.1, 0.15) is 5.69 Å². The van der Waals surface area contributed by atoms with Gasteiger partial charge < -0.3 is 4.90 Å². The van der Waals surface area contributed by atoms with Gasteiger partial charge in [0.25, 0.3) is 5.91 Å².